The van der Waals surface area contributed by atoms with Gasteiger partial charge in [-0.1, -0.05) is 80.4 Å². The first-order valence-electron chi connectivity index (χ1n) is 9.30. The van der Waals surface area contributed by atoms with Crippen molar-refractivity contribution in [2.24, 2.45) is 5.92 Å². The summed E-state index contributed by atoms with van der Waals surface area (Å²) in [5.74, 6) is 0.687. The number of benzene rings is 2. The van der Waals surface area contributed by atoms with Crippen LogP contribution in [0.3, 0.4) is 0 Å². The highest BCUT2D eigenvalue weighted by Crippen LogP contribution is 2.29. The van der Waals surface area contributed by atoms with E-state index in [1.165, 1.54) is 36.8 Å². The molecule has 0 bridgehead atoms. The third-order valence-electron chi connectivity index (χ3n) is 5.36. The molecule has 25 heavy (non-hydrogen) atoms. The van der Waals surface area contributed by atoms with Crippen LogP contribution < -0.4 is 5.32 Å². The molecule has 1 aliphatic rings. The predicted molar refractivity (Wildman–Crippen MR) is 110 cm³/mol. The van der Waals surface area contributed by atoms with Crippen LogP contribution in [-0.2, 0) is 0 Å². The predicted octanol–water partition coefficient (Wildman–Crippen LogP) is 5.16. The second-order valence-electron chi connectivity index (χ2n) is 7.15. The zero-order valence-corrected chi connectivity index (χ0v) is 16.0. The molecule has 1 fully saturated rings. The zero-order chi connectivity index (χ0) is 17.6. The number of nitrogens with one attached hydrogen (secondary N) is 1. The van der Waals surface area contributed by atoms with Crippen LogP contribution in [0, 0.1) is 5.92 Å². The Morgan fingerprint density at radius 2 is 1.48 bits per heavy atom. The summed E-state index contributed by atoms with van der Waals surface area (Å²) in [5.41, 5.74) is 2.52. The lowest BCUT2D eigenvalue weighted by Gasteiger charge is -2.36. The van der Waals surface area contributed by atoms with Crippen molar-refractivity contribution in [3.63, 3.8) is 0 Å². The molecule has 2 aromatic rings. The lowest BCUT2D eigenvalue weighted by atomic mass is 9.86. The maximum absolute atomic E-state index is 5.80. The standard InChI is InChI=1S/C22H28N2S/c1-17-11-9-10-16-20(17)23-22(25)24(2)21(18-12-5-3-6-13-18)19-14-7-4-8-15-19/h3-8,12-15,17,20-21H,9-11,16H2,1-2H3,(H,23,25)/t17-,20+/m0/s1. The molecule has 1 saturated carbocycles. The summed E-state index contributed by atoms with van der Waals surface area (Å²) in [4.78, 5) is 2.21. The van der Waals surface area contributed by atoms with Crippen LogP contribution in [0.1, 0.15) is 49.8 Å². The largest absolute Gasteiger partial charge is 0.360 e. The molecule has 1 aliphatic carbocycles. The van der Waals surface area contributed by atoms with Gasteiger partial charge in [0.15, 0.2) is 5.11 Å². The molecule has 0 aliphatic heterocycles. The van der Waals surface area contributed by atoms with Gasteiger partial charge in [-0.15, -0.1) is 0 Å². The van der Waals surface area contributed by atoms with E-state index in [1.807, 2.05) is 0 Å². The van der Waals surface area contributed by atoms with E-state index in [0.29, 0.717) is 12.0 Å². The van der Waals surface area contributed by atoms with E-state index < -0.39 is 0 Å². The van der Waals surface area contributed by atoms with Crippen LogP contribution in [0.4, 0.5) is 0 Å². The van der Waals surface area contributed by atoms with Crippen LogP contribution in [0.5, 0.6) is 0 Å². The molecule has 1 N–H and O–H groups in total. The van der Waals surface area contributed by atoms with E-state index in [4.69, 9.17) is 12.2 Å². The van der Waals surface area contributed by atoms with Gasteiger partial charge in [0.25, 0.3) is 0 Å². The lowest BCUT2D eigenvalue weighted by Crippen LogP contribution is -2.47. The van der Waals surface area contributed by atoms with Crippen molar-refractivity contribution in [3.05, 3.63) is 71.8 Å². The Labute approximate surface area is 157 Å². The molecule has 0 saturated heterocycles. The first kappa shape index (κ1) is 17.9. The van der Waals surface area contributed by atoms with Crippen molar-refractivity contribution in [1.29, 1.82) is 0 Å². The highest BCUT2D eigenvalue weighted by atomic mass is 32.1. The van der Waals surface area contributed by atoms with Gasteiger partial charge < -0.3 is 10.2 Å². The molecular formula is C22H28N2S. The number of rotatable bonds is 4. The normalized spacial score (nSPS) is 20.3. The monoisotopic (exact) mass is 352 g/mol. The Bertz CT molecular complexity index is 631. The number of hydrogen-bond acceptors (Lipinski definition) is 1. The minimum absolute atomic E-state index is 0.126. The second-order valence-corrected chi connectivity index (χ2v) is 7.54. The zero-order valence-electron chi connectivity index (χ0n) is 15.2. The van der Waals surface area contributed by atoms with Crippen molar-refractivity contribution < 1.29 is 0 Å². The van der Waals surface area contributed by atoms with Crippen molar-refractivity contribution in [2.45, 2.75) is 44.7 Å². The molecule has 0 spiro atoms. The van der Waals surface area contributed by atoms with Crippen molar-refractivity contribution >= 4 is 17.3 Å². The SMILES string of the molecule is C[C@H]1CCCC[C@H]1NC(=S)N(C)C(c1ccccc1)c1ccccc1. The Morgan fingerprint density at radius 1 is 0.960 bits per heavy atom. The maximum atomic E-state index is 5.80. The van der Waals surface area contributed by atoms with Gasteiger partial charge in [-0.2, -0.15) is 0 Å². The Kier molecular flexibility index (Phi) is 6.09. The third kappa shape index (κ3) is 4.40. The van der Waals surface area contributed by atoms with Gasteiger partial charge in [-0.05, 0) is 42.1 Å². The molecule has 2 nitrogen and oxygen atoms in total. The fourth-order valence-electron chi connectivity index (χ4n) is 3.82. The van der Waals surface area contributed by atoms with Crippen LogP contribution in [0.15, 0.2) is 60.7 Å². The van der Waals surface area contributed by atoms with E-state index in [1.54, 1.807) is 0 Å². The van der Waals surface area contributed by atoms with E-state index >= 15 is 0 Å². The molecule has 0 unspecified atom stereocenters. The van der Waals surface area contributed by atoms with Gasteiger partial charge in [-0.25, -0.2) is 0 Å². The topological polar surface area (TPSA) is 15.3 Å². The fourth-order valence-corrected chi connectivity index (χ4v) is 4.08. The van der Waals surface area contributed by atoms with Gasteiger partial charge >= 0.3 is 0 Å². The van der Waals surface area contributed by atoms with E-state index in [0.717, 1.165) is 5.11 Å². The summed E-state index contributed by atoms with van der Waals surface area (Å²) in [5, 5.41) is 4.49. The molecule has 0 radical (unpaired) electrons. The molecule has 3 rings (SSSR count). The Hall–Kier alpha value is -1.87. The first-order chi connectivity index (χ1) is 12.2. The first-order valence-corrected chi connectivity index (χ1v) is 9.71. The smallest absolute Gasteiger partial charge is 0.169 e. The molecule has 0 heterocycles. The number of thiocarbonyl (C=S) groups is 1. The third-order valence-corrected chi connectivity index (χ3v) is 5.76. The summed E-state index contributed by atoms with van der Waals surface area (Å²) >= 11 is 5.80. The minimum atomic E-state index is 0.126. The van der Waals surface area contributed by atoms with Crippen LogP contribution in [0.2, 0.25) is 0 Å². The fraction of sp³-hybridized carbons (Fsp3) is 0.409. The number of hydrogen-bond donors (Lipinski definition) is 1. The summed E-state index contributed by atoms with van der Waals surface area (Å²) in [6.07, 6.45) is 5.16. The number of nitrogens with zero attached hydrogens (tertiary/aromatic N) is 1. The molecular weight excluding hydrogens is 324 g/mol. The summed E-state index contributed by atoms with van der Waals surface area (Å²) in [6.45, 7) is 2.34. The van der Waals surface area contributed by atoms with Crippen LogP contribution >= 0.6 is 12.2 Å². The minimum Gasteiger partial charge on any atom is -0.360 e. The van der Waals surface area contributed by atoms with Crippen LogP contribution in [0.25, 0.3) is 0 Å². The van der Waals surface area contributed by atoms with E-state index in [9.17, 15) is 0 Å². The van der Waals surface area contributed by atoms with E-state index in [2.05, 4.69) is 84.9 Å². The molecule has 3 heteroatoms. The quantitative estimate of drug-likeness (QED) is 0.765. The summed E-state index contributed by atoms with van der Waals surface area (Å²) in [7, 11) is 2.10. The lowest BCUT2D eigenvalue weighted by molar-refractivity contribution is 0.297. The second kappa shape index (κ2) is 8.48. The maximum Gasteiger partial charge on any atom is 0.169 e. The Balaban J connectivity index is 1.81. The van der Waals surface area contributed by atoms with Gasteiger partial charge in [0.1, 0.15) is 0 Å². The van der Waals surface area contributed by atoms with Gasteiger partial charge in [0.05, 0.1) is 6.04 Å². The average Bonchev–Trinajstić information content (AvgIpc) is 2.65. The van der Waals surface area contributed by atoms with Crippen LogP contribution in [-0.4, -0.2) is 23.1 Å². The van der Waals surface area contributed by atoms with Gasteiger partial charge in [-0.3, -0.25) is 0 Å². The van der Waals surface area contributed by atoms with Crippen molar-refractivity contribution in [2.75, 3.05) is 7.05 Å². The molecule has 2 aromatic carbocycles. The Morgan fingerprint density at radius 3 is 2.00 bits per heavy atom. The van der Waals surface area contributed by atoms with E-state index in [-0.39, 0.29) is 6.04 Å². The summed E-state index contributed by atoms with van der Waals surface area (Å²) in [6, 6.07) is 21.9. The van der Waals surface area contributed by atoms with Gasteiger partial charge in [0.2, 0.25) is 0 Å². The van der Waals surface area contributed by atoms with Gasteiger partial charge in [0, 0.05) is 13.1 Å². The molecule has 2 atom stereocenters. The highest BCUT2D eigenvalue weighted by molar-refractivity contribution is 7.80. The van der Waals surface area contributed by atoms with Crippen molar-refractivity contribution in [1.82, 2.24) is 10.2 Å². The van der Waals surface area contributed by atoms with Crippen molar-refractivity contribution in [3.8, 4) is 0 Å². The highest BCUT2D eigenvalue weighted by Gasteiger charge is 2.26. The molecule has 132 valence electrons. The molecule has 0 aromatic heterocycles. The summed E-state index contributed by atoms with van der Waals surface area (Å²) < 4.78 is 0. The molecule has 0 amide bonds. The average molecular weight is 353 g/mol.